The fraction of sp³-hybridized carbons (Fsp3) is 0.125. The number of aryl methyl sites for hydroxylation is 1. The first-order valence-corrected chi connectivity index (χ1v) is 7.78. The quantitative estimate of drug-likeness (QED) is 0.326. The molecule has 0 unspecified atom stereocenters. The van der Waals surface area contributed by atoms with E-state index < -0.39 is 5.91 Å². The van der Waals surface area contributed by atoms with Gasteiger partial charge in [0.25, 0.3) is 5.91 Å². The maximum atomic E-state index is 12.5. The summed E-state index contributed by atoms with van der Waals surface area (Å²) in [5, 5.41) is 28.8. The molecule has 1 amide bonds. The number of nitrogen functional groups attached to an aromatic ring is 1. The Bertz CT molecular complexity index is 1020. The molecular formula is C16H16N8O3. The van der Waals surface area contributed by atoms with Gasteiger partial charge in [0.2, 0.25) is 11.6 Å². The summed E-state index contributed by atoms with van der Waals surface area (Å²) in [6.45, 7) is 5.24. The van der Waals surface area contributed by atoms with Gasteiger partial charge in [0.1, 0.15) is 5.75 Å². The second kappa shape index (κ2) is 7.47. The minimum atomic E-state index is -0.599. The van der Waals surface area contributed by atoms with Crippen molar-refractivity contribution < 1.29 is 14.5 Å². The number of rotatable bonds is 6. The van der Waals surface area contributed by atoms with Gasteiger partial charge in [0.05, 0.1) is 11.9 Å². The molecule has 3 aromatic rings. The molecule has 0 saturated heterocycles. The highest BCUT2D eigenvalue weighted by atomic mass is 16.6. The molecule has 11 heteroatoms. The lowest BCUT2D eigenvalue weighted by atomic mass is 10.1. The zero-order valence-corrected chi connectivity index (χ0v) is 14.3. The van der Waals surface area contributed by atoms with Gasteiger partial charge in [-0.15, -0.1) is 11.7 Å². The predicted octanol–water partition coefficient (Wildman–Crippen LogP) is 0.739. The summed E-state index contributed by atoms with van der Waals surface area (Å²) >= 11 is 0. The fourth-order valence-corrected chi connectivity index (χ4v) is 2.35. The molecule has 0 bridgehead atoms. The van der Waals surface area contributed by atoms with Gasteiger partial charge in [-0.3, -0.25) is 4.79 Å². The average Bonchev–Trinajstić information content (AvgIpc) is 3.23. The highest BCUT2D eigenvalue weighted by Gasteiger charge is 2.22. The second-order valence-corrected chi connectivity index (χ2v) is 5.46. The van der Waals surface area contributed by atoms with Crippen molar-refractivity contribution in [2.24, 2.45) is 5.10 Å². The highest BCUT2D eigenvalue weighted by molar-refractivity contribution is 5.95. The van der Waals surface area contributed by atoms with Crippen molar-refractivity contribution in [2.75, 3.05) is 5.73 Å². The lowest BCUT2D eigenvalue weighted by Crippen LogP contribution is -2.22. The van der Waals surface area contributed by atoms with Crippen molar-refractivity contribution in [3.8, 4) is 11.6 Å². The van der Waals surface area contributed by atoms with E-state index in [1.807, 2.05) is 0 Å². The Labute approximate surface area is 153 Å². The molecule has 0 atom stereocenters. The molecule has 0 aliphatic rings. The van der Waals surface area contributed by atoms with Crippen molar-refractivity contribution in [3.63, 3.8) is 0 Å². The summed E-state index contributed by atoms with van der Waals surface area (Å²) in [6, 6.07) is 5.21. The van der Waals surface area contributed by atoms with E-state index in [1.54, 1.807) is 31.2 Å². The van der Waals surface area contributed by atoms with E-state index in [0.29, 0.717) is 23.2 Å². The van der Waals surface area contributed by atoms with Crippen LogP contribution in [0.5, 0.6) is 5.75 Å². The van der Waals surface area contributed by atoms with Gasteiger partial charge in [-0.2, -0.15) is 9.78 Å². The Kier molecular flexibility index (Phi) is 4.92. The molecule has 2 aromatic heterocycles. The molecule has 4 N–H and O–H groups in total. The molecule has 3 rings (SSSR count). The number of hydrogen-bond acceptors (Lipinski definition) is 9. The Hall–Kier alpha value is -4.02. The first kappa shape index (κ1) is 17.8. The number of phenolic OH excluding ortho intramolecular Hbond substituents is 1. The SMILES string of the molecule is C=CCc1cccc(/C=N/NC(=O)c2c(C)nnn2-c2nonc2N)c1O. The number of amides is 1. The third kappa shape index (κ3) is 3.51. The fourth-order valence-electron chi connectivity index (χ4n) is 2.35. The van der Waals surface area contributed by atoms with E-state index in [9.17, 15) is 9.90 Å². The van der Waals surface area contributed by atoms with E-state index in [2.05, 4.69) is 42.4 Å². The molecule has 1 aromatic carbocycles. The Morgan fingerprint density at radius 1 is 1.48 bits per heavy atom. The van der Waals surface area contributed by atoms with Crippen molar-refractivity contribution >= 4 is 17.9 Å². The molecule has 138 valence electrons. The number of hydrogen-bond donors (Lipinski definition) is 3. The summed E-state index contributed by atoms with van der Waals surface area (Å²) in [4.78, 5) is 12.5. The zero-order valence-electron chi connectivity index (χ0n) is 14.3. The van der Waals surface area contributed by atoms with Gasteiger partial charge in [-0.25, -0.2) is 10.1 Å². The highest BCUT2D eigenvalue weighted by Crippen LogP contribution is 2.21. The van der Waals surface area contributed by atoms with Crippen LogP contribution >= 0.6 is 0 Å². The topological polar surface area (TPSA) is 157 Å². The smallest absolute Gasteiger partial charge is 0.292 e. The average molecular weight is 368 g/mol. The second-order valence-electron chi connectivity index (χ2n) is 5.46. The molecule has 0 radical (unpaired) electrons. The number of benzene rings is 1. The minimum Gasteiger partial charge on any atom is -0.507 e. The molecule has 0 fully saturated rings. The normalized spacial score (nSPS) is 11.0. The van der Waals surface area contributed by atoms with E-state index in [4.69, 9.17) is 5.73 Å². The van der Waals surface area contributed by atoms with Crippen LogP contribution in [0.15, 0.2) is 40.6 Å². The minimum absolute atomic E-state index is 0.0404. The first-order valence-electron chi connectivity index (χ1n) is 7.78. The lowest BCUT2D eigenvalue weighted by molar-refractivity contribution is 0.0946. The first-order chi connectivity index (χ1) is 13.0. The van der Waals surface area contributed by atoms with Crippen molar-refractivity contribution in [1.82, 2.24) is 30.7 Å². The number of carbonyl (C=O) groups excluding carboxylic acids is 1. The molecule has 11 nitrogen and oxygen atoms in total. The molecule has 2 heterocycles. The van der Waals surface area contributed by atoms with E-state index in [1.165, 1.54) is 6.21 Å². The number of allylic oxidation sites excluding steroid dienone is 1. The number of nitrogens with one attached hydrogen (secondary N) is 1. The van der Waals surface area contributed by atoms with Crippen molar-refractivity contribution in [1.29, 1.82) is 0 Å². The van der Waals surface area contributed by atoms with Crippen LogP contribution in [0.2, 0.25) is 0 Å². The van der Waals surface area contributed by atoms with Crippen molar-refractivity contribution in [3.05, 3.63) is 53.4 Å². The van der Waals surface area contributed by atoms with E-state index >= 15 is 0 Å². The van der Waals surface area contributed by atoms with Crippen LogP contribution in [0.3, 0.4) is 0 Å². The van der Waals surface area contributed by atoms with Crippen LogP contribution in [0, 0.1) is 6.92 Å². The van der Waals surface area contributed by atoms with Crippen LogP contribution in [0.25, 0.3) is 5.82 Å². The molecule has 0 aliphatic carbocycles. The molecular weight excluding hydrogens is 352 g/mol. The number of hydrazone groups is 1. The number of phenols is 1. The molecule has 0 saturated carbocycles. The third-order valence-electron chi connectivity index (χ3n) is 3.63. The molecule has 27 heavy (non-hydrogen) atoms. The van der Waals surface area contributed by atoms with E-state index in [-0.39, 0.29) is 23.1 Å². The number of nitrogens with zero attached hydrogens (tertiary/aromatic N) is 6. The summed E-state index contributed by atoms with van der Waals surface area (Å²) < 4.78 is 5.62. The van der Waals surface area contributed by atoms with Crippen LogP contribution in [-0.2, 0) is 6.42 Å². The summed E-state index contributed by atoms with van der Waals surface area (Å²) in [5.74, 6) is -0.529. The number of aromatic hydroxyl groups is 1. The number of carbonyl (C=O) groups is 1. The maximum absolute atomic E-state index is 12.5. The Balaban J connectivity index is 1.81. The van der Waals surface area contributed by atoms with Crippen LogP contribution in [-0.4, -0.2) is 42.5 Å². The standard InChI is InChI=1S/C16H16N8O3/c1-3-5-10-6-4-7-11(13(10)25)8-18-20-16(26)12-9(2)19-23-24(12)15-14(17)21-27-22-15/h3-4,6-8,25H,1,5H2,2H3,(H2,17,21)(H,20,26)/b18-8+. The number of para-hydroxylation sites is 1. The van der Waals surface area contributed by atoms with Gasteiger partial charge in [-0.05, 0) is 35.3 Å². The van der Waals surface area contributed by atoms with Gasteiger partial charge >= 0.3 is 0 Å². The lowest BCUT2D eigenvalue weighted by Gasteiger charge is -2.05. The van der Waals surface area contributed by atoms with Crippen molar-refractivity contribution in [2.45, 2.75) is 13.3 Å². The summed E-state index contributed by atoms with van der Waals surface area (Å²) in [5.41, 5.74) is 9.54. The number of anilines is 1. The molecule has 0 spiro atoms. The van der Waals surface area contributed by atoms with Gasteiger partial charge in [0.15, 0.2) is 5.69 Å². The number of aromatic nitrogens is 5. The number of nitrogens with two attached hydrogens (primary N) is 1. The Morgan fingerprint density at radius 2 is 2.30 bits per heavy atom. The maximum Gasteiger partial charge on any atom is 0.292 e. The monoisotopic (exact) mass is 368 g/mol. The molecule has 0 aliphatic heterocycles. The zero-order chi connectivity index (χ0) is 19.4. The Morgan fingerprint density at radius 3 is 3.00 bits per heavy atom. The van der Waals surface area contributed by atoms with Gasteiger partial charge in [0, 0.05) is 5.56 Å². The summed E-state index contributed by atoms with van der Waals surface area (Å²) in [6.07, 6.45) is 3.52. The summed E-state index contributed by atoms with van der Waals surface area (Å²) in [7, 11) is 0. The van der Waals surface area contributed by atoms with Crippen LogP contribution in [0.1, 0.15) is 27.3 Å². The van der Waals surface area contributed by atoms with Gasteiger partial charge < -0.3 is 10.8 Å². The van der Waals surface area contributed by atoms with E-state index in [0.717, 1.165) is 4.68 Å². The van der Waals surface area contributed by atoms with Crippen LogP contribution < -0.4 is 11.2 Å². The van der Waals surface area contributed by atoms with Crippen LogP contribution in [0.4, 0.5) is 5.82 Å². The largest absolute Gasteiger partial charge is 0.507 e. The van der Waals surface area contributed by atoms with Gasteiger partial charge in [-0.1, -0.05) is 23.4 Å². The third-order valence-corrected chi connectivity index (χ3v) is 3.63. The predicted molar refractivity (Wildman–Crippen MR) is 95.4 cm³/mol.